The average molecular weight is 435 g/mol. The molecule has 0 aliphatic carbocycles. The molecule has 0 spiro atoms. The van der Waals surface area contributed by atoms with Gasteiger partial charge in [-0.05, 0) is 29.8 Å². The van der Waals surface area contributed by atoms with Crippen molar-refractivity contribution in [2.45, 2.75) is 6.54 Å². The highest BCUT2D eigenvalue weighted by atomic mass is 32.2. The number of aromatic nitrogens is 4. The number of nitrogens with one attached hydrogen (secondary N) is 1. The molecule has 0 unspecified atom stereocenters. The predicted octanol–water partition coefficient (Wildman–Crippen LogP) is 2.77. The molecular weight excluding hydrogens is 412 g/mol. The lowest BCUT2D eigenvalue weighted by Crippen LogP contribution is -2.39. The molecule has 0 amide bonds. The van der Waals surface area contributed by atoms with Gasteiger partial charge >= 0.3 is 0 Å². The number of anilines is 2. The number of fused-ring (bicyclic) bond motifs is 1. The minimum atomic E-state index is -2.86. The third-order valence-electron chi connectivity index (χ3n) is 5.39. The Bertz CT molecular complexity index is 1290. The Labute approximate surface area is 180 Å². The van der Waals surface area contributed by atoms with E-state index in [0.29, 0.717) is 19.0 Å². The first kappa shape index (κ1) is 19.7. The molecule has 1 aliphatic rings. The van der Waals surface area contributed by atoms with E-state index < -0.39 is 9.84 Å². The Balaban J connectivity index is 1.35. The lowest BCUT2D eigenvalue weighted by molar-refractivity contribution is 0.287. The summed E-state index contributed by atoms with van der Waals surface area (Å²) in [5, 5.41) is 7.82. The number of nitrogens with zero attached hydrogens (tertiary/aromatic N) is 5. The monoisotopic (exact) mass is 434 g/mol. The molecule has 0 atom stereocenters. The Hall–Kier alpha value is -3.30. The Morgan fingerprint density at radius 2 is 1.68 bits per heavy atom. The fourth-order valence-corrected chi connectivity index (χ4v) is 4.97. The third-order valence-corrected chi connectivity index (χ3v) is 7.00. The van der Waals surface area contributed by atoms with Gasteiger partial charge in [0.1, 0.15) is 0 Å². The van der Waals surface area contributed by atoms with Gasteiger partial charge in [-0.15, -0.1) is 5.10 Å². The van der Waals surface area contributed by atoms with Crippen LogP contribution in [0.2, 0.25) is 0 Å². The number of benzene rings is 1. The number of pyridine rings is 2. The smallest absolute Gasteiger partial charge is 0.247 e. The Kier molecular flexibility index (Phi) is 5.13. The first-order valence-corrected chi connectivity index (χ1v) is 11.9. The third kappa shape index (κ3) is 4.42. The Morgan fingerprint density at radius 1 is 0.935 bits per heavy atom. The number of hydrogen-bond acceptors (Lipinski definition) is 7. The molecule has 1 saturated heterocycles. The molecule has 1 aliphatic heterocycles. The number of sulfone groups is 1. The van der Waals surface area contributed by atoms with Crippen molar-refractivity contribution in [3.63, 3.8) is 0 Å². The zero-order valence-electron chi connectivity index (χ0n) is 16.8. The highest BCUT2D eigenvalue weighted by Gasteiger charge is 2.21. The standard InChI is InChI=1S/C22H22N6O2S/c29-31(30)14-12-27(13-15-31)16-17-4-6-18(7-5-17)20-2-1-3-21-25-22(26-28(20)21)24-19-8-10-23-11-9-19/h1-11H,12-16H2,(H,23,24,26). The van der Waals surface area contributed by atoms with Crippen molar-refractivity contribution >= 4 is 27.1 Å². The fraction of sp³-hybridized carbons (Fsp3) is 0.227. The average Bonchev–Trinajstić information content (AvgIpc) is 3.19. The van der Waals surface area contributed by atoms with Crippen LogP contribution in [-0.4, -0.2) is 57.5 Å². The maximum Gasteiger partial charge on any atom is 0.247 e. The Morgan fingerprint density at radius 3 is 2.42 bits per heavy atom. The molecule has 3 aromatic heterocycles. The molecule has 31 heavy (non-hydrogen) atoms. The summed E-state index contributed by atoms with van der Waals surface area (Å²) in [5.74, 6) is 1.01. The molecule has 4 heterocycles. The van der Waals surface area contributed by atoms with Gasteiger partial charge in [-0.3, -0.25) is 9.88 Å². The lowest BCUT2D eigenvalue weighted by Gasteiger charge is -2.26. The minimum absolute atomic E-state index is 0.245. The maximum absolute atomic E-state index is 11.6. The molecular formula is C22H22N6O2S. The molecule has 0 radical (unpaired) electrons. The van der Waals surface area contributed by atoms with Crippen molar-refractivity contribution in [3.05, 3.63) is 72.6 Å². The van der Waals surface area contributed by atoms with Crippen molar-refractivity contribution in [3.8, 4) is 11.3 Å². The molecule has 1 fully saturated rings. The van der Waals surface area contributed by atoms with Crippen molar-refractivity contribution < 1.29 is 8.42 Å². The van der Waals surface area contributed by atoms with Crippen molar-refractivity contribution in [1.29, 1.82) is 0 Å². The van der Waals surface area contributed by atoms with Crippen LogP contribution in [0.3, 0.4) is 0 Å². The maximum atomic E-state index is 11.6. The van der Waals surface area contributed by atoms with Gasteiger partial charge in [0.25, 0.3) is 0 Å². The van der Waals surface area contributed by atoms with Gasteiger partial charge in [-0.1, -0.05) is 30.3 Å². The van der Waals surface area contributed by atoms with Gasteiger partial charge in [0.15, 0.2) is 15.5 Å². The van der Waals surface area contributed by atoms with Gasteiger partial charge in [0.05, 0.1) is 17.2 Å². The summed E-state index contributed by atoms with van der Waals surface area (Å²) >= 11 is 0. The molecule has 0 bridgehead atoms. The summed E-state index contributed by atoms with van der Waals surface area (Å²) in [5.41, 5.74) is 4.78. The van der Waals surface area contributed by atoms with E-state index in [2.05, 4.69) is 49.5 Å². The predicted molar refractivity (Wildman–Crippen MR) is 120 cm³/mol. The normalized spacial score (nSPS) is 16.4. The molecule has 4 aromatic rings. The lowest BCUT2D eigenvalue weighted by atomic mass is 10.1. The van der Waals surface area contributed by atoms with E-state index >= 15 is 0 Å². The van der Waals surface area contributed by atoms with Crippen LogP contribution in [0.4, 0.5) is 11.6 Å². The summed E-state index contributed by atoms with van der Waals surface area (Å²) in [7, 11) is -2.86. The molecule has 5 rings (SSSR count). The summed E-state index contributed by atoms with van der Waals surface area (Å²) in [6, 6.07) is 18.0. The van der Waals surface area contributed by atoms with Crippen molar-refractivity contribution in [2.75, 3.05) is 29.9 Å². The van der Waals surface area contributed by atoms with E-state index in [0.717, 1.165) is 34.7 Å². The van der Waals surface area contributed by atoms with Crippen LogP contribution in [-0.2, 0) is 16.4 Å². The summed E-state index contributed by atoms with van der Waals surface area (Å²) in [6.07, 6.45) is 3.43. The summed E-state index contributed by atoms with van der Waals surface area (Å²) in [4.78, 5) is 10.8. The molecule has 9 heteroatoms. The van der Waals surface area contributed by atoms with Gasteiger partial charge in [-0.25, -0.2) is 12.9 Å². The van der Waals surface area contributed by atoms with Crippen LogP contribution in [0.1, 0.15) is 5.56 Å². The quantitative estimate of drug-likeness (QED) is 0.516. The van der Waals surface area contributed by atoms with Crippen molar-refractivity contribution in [2.24, 2.45) is 0 Å². The molecule has 1 N–H and O–H groups in total. The highest BCUT2D eigenvalue weighted by molar-refractivity contribution is 7.91. The van der Waals surface area contributed by atoms with Gasteiger partial charge in [0.2, 0.25) is 5.95 Å². The zero-order valence-corrected chi connectivity index (χ0v) is 17.7. The van der Waals surface area contributed by atoms with Crippen LogP contribution in [0, 0.1) is 0 Å². The SMILES string of the molecule is O=S1(=O)CCN(Cc2ccc(-c3cccc4nc(Nc5ccncc5)nn34)cc2)CC1. The second-order valence-corrected chi connectivity index (χ2v) is 9.91. The van der Waals surface area contributed by atoms with Crippen LogP contribution < -0.4 is 5.32 Å². The van der Waals surface area contributed by atoms with Crippen LogP contribution in [0.25, 0.3) is 16.9 Å². The van der Waals surface area contributed by atoms with Crippen LogP contribution in [0.5, 0.6) is 0 Å². The highest BCUT2D eigenvalue weighted by Crippen LogP contribution is 2.23. The summed E-state index contributed by atoms with van der Waals surface area (Å²) in [6.45, 7) is 1.94. The zero-order chi connectivity index (χ0) is 21.3. The van der Waals surface area contributed by atoms with Gasteiger partial charge in [0, 0.05) is 43.3 Å². The molecule has 1 aromatic carbocycles. The second kappa shape index (κ2) is 8.09. The first-order chi connectivity index (χ1) is 15.1. The number of rotatable bonds is 5. The van der Waals surface area contributed by atoms with E-state index in [9.17, 15) is 8.42 Å². The topological polar surface area (TPSA) is 92.5 Å². The van der Waals surface area contributed by atoms with Gasteiger partial charge in [-0.2, -0.15) is 4.98 Å². The molecule has 8 nitrogen and oxygen atoms in total. The minimum Gasteiger partial charge on any atom is -0.323 e. The molecule has 158 valence electrons. The first-order valence-electron chi connectivity index (χ1n) is 10.1. The van der Waals surface area contributed by atoms with E-state index in [4.69, 9.17) is 0 Å². The second-order valence-electron chi connectivity index (χ2n) is 7.60. The van der Waals surface area contributed by atoms with Crippen LogP contribution >= 0.6 is 0 Å². The van der Waals surface area contributed by atoms with Gasteiger partial charge < -0.3 is 5.32 Å². The van der Waals surface area contributed by atoms with E-state index in [1.54, 1.807) is 12.4 Å². The largest absolute Gasteiger partial charge is 0.323 e. The van der Waals surface area contributed by atoms with E-state index in [1.165, 1.54) is 0 Å². The van der Waals surface area contributed by atoms with E-state index in [-0.39, 0.29) is 11.5 Å². The fourth-order valence-electron chi connectivity index (χ4n) is 3.69. The summed E-state index contributed by atoms with van der Waals surface area (Å²) < 4.78 is 25.1. The van der Waals surface area contributed by atoms with E-state index in [1.807, 2.05) is 34.8 Å². The number of hydrogen-bond donors (Lipinski definition) is 1. The molecule has 0 saturated carbocycles. The van der Waals surface area contributed by atoms with Crippen molar-refractivity contribution in [1.82, 2.24) is 24.5 Å². The van der Waals surface area contributed by atoms with Crippen LogP contribution in [0.15, 0.2) is 67.0 Å².